The van der Waals surface area contributed by atoms with Crippen molar-refractivity contribution in [3.05, 3.63) is 0 Å². The molecule has 0 heterocycles. The van der Waals surface area contributed by atoms with E-state index in [1.165, 1.54) is 57.8 Å². The van der Waals surface area contributed by atoms with Crippen molar-refractivity contribution in [3.8, 4) is 0 Å². The summed E-state index contributed by atoms with van der Waals surface area (Å²) in [7, 11) is 0. The van der Waals surface area contributed by atoms with Crippen molar-refractivity contribution in [2.75, 3.05) is 0 Å². The number of hydrogen-bond acceptors (Lipinski definition) is 1. The van der Waals surface area contributed by atoms with Crippen LogP contribution in [0.15, 0.2) is 0 Å². The van der Waals surface area contributed by atoms with Gasteiger partial charge in [-0.15, -0.1) is 0 Å². The summed E-state index contributed by atoms with van der Waals surface area (Å²) < 4.78 is 0. The van der Waals surface area contributed by atoms with Crippen LogP contribution in [0.3, 0.4) is 0 Å². The smallest absolute Gasteiger partial charge is 0.136 e. The second-order valence-corrected chi connectivity index (χ2v) is 7.12. The molecular formula is C18H34O. The van der Waals surface area contributed by atoms with Gasteiger partial charge < -0.3 is 0 Å². The first-order valence-corrected chi connectivity index (χ1v) is 8.60. The van der Waals surface area contributed by atoms with Gasteiger partial charge in [0.2, 0.25) is 0 Å². The van der Waals surface area contributed by atoms with Crippen molar-refractivity contribution in [1.82, 2.24) is 0 Å². The van der Waals surface area contributed by atoms with E-state index in [-0.39, 0.29) is 5.41 Å². The summed E-state index contributed by atoms with van der Waals surface area (Å²) in [5, 5.41) is 0. The first kappa shape index (κ1) is 16.7. The number of rotatable bonds is 9. The molecule has 0 radical (unpaired) electrons. The van der Waals surface area contributed by atoms with Crippen molar-refractivity contribution < 1.29 is 4.79 Å². The molecule has 0 N–H and O–H groups in total. The van der Waals surface area contributed by atoms with E-state index in [2.05, 4.69) is 20.8 Å². The topological polar surface area (TPSA) is 17.1 Å². The maximum atomic E-state index is 12.3. The van der Waals surface area contributed by atoms with Crippen molar-refractivity contribution in [1.29, 1.82) is 0 Å². The minimum Gasteiger partial charge on any atom is -0.299 e. The normalized spacial score (nSPS) is 22.4. The van der Waals surface area contributed by atoms with E-state index in [4.69, 9.17) is 0 Å². The molecule has 1 atom stereocenters. The largest absolute Gasteiger partial charge is 0.299 e. The Labute approximate surface area is 120 Å². The third-order valence-corrected chi connectivity index (χ3v) is 4.92. The van der Waals surface area contributed by atoms with E-state index in [0.29, 0.717) is 11.7 Å². The van der Waals surface area contributed by atoms with Gasteiger partial charge in [0, 0.05) is 12.3 Å². The monoisotopic (exact) mass is 266 g/mol. The predicted octanol–water partition coefficient (Wildman–Crippen LogP) is 5.91. The average molecular weight is 266 g/mol. The fraction of sp³-hybridized carbons (Fsp3) is 0.944. The van der Waals surface area contributed by atoms with Crippen molar-refractivity contribution in [2.45, 2.75) is 97.8 Å². The number of Topliss-reactive ketones (excluding diaryl/α,β-unsaturated/α-hetero) is 1. The standard InChI is InChI=1S/C18H34O/c1-4-5-6-7-8-9-10-14-17(19)16-13-11-12-15-18(16,2)3/h16H,4-15H2,1-3H3. The van der Waals surface area contributed by atoms with E-state index in [0.717, 1.165) is 19.3 Å². The van der Waals surface area contributed by atoms with Gasteiger partial charge in [-0.25, -0.2) is 0 Å². The molecule has 1 aliphatic rings. The highest BCUT2D eigenvalue weighted by molar-refractivity contribution is 5.81. The van der Waals surface area contributed by atoms with Gasteiger partial charge in [-0.05, 0) is 24.7 Å². The maximum absolute atomic E-state index is 12.3. The molecule has 1 fully saturated rings. The number of ketones is 1. The highest BCUT2D eigenvalue weighted by atomic mass is 16.1. The molecule has 19 heavy (non-hydrogen) atoms. The van der Waals surface area contributed by atoms with Crippen molar-refractivity contribution in [2.24, 2.45) is 11.3 Å². The molecule has 0 bridgehead atoms. The quantitative estimate of drug-likeness (QED) is 0.474. The summed E-state index contributed by atoms with van der Waals surface area (Å²) in [6, 6.07) is 0. The molecule has 0 aromatic carbocycles. The fourth-order valence-corrected chi connectivity index (χ4v) is 3.52. The van der Waals surface area contributed by atoms with E-state index in [1.807, 2.05) is 0 Å². The van der Waals surface area contributed by atoms with Crippen LogP contribution in [0.2, 0.25) is 0 Å². The number of unbranched alkanes of at least 4 members (excludes halogenated alkanes) is 6. The molecule has 0 amide bonds. The molecule has 1 unspecified atom stereocenters. The van der Waals surface area contributed by atoms with E-state index >= 15 is 0 Å². The Morgan fingerprint density at radius 3 is 2.26 bits per heavy atom. The Morgan fingerprint density at radius 1 is 1.00 bits per heavy atom. The van der Waals surface area contributed by atoms with Crippen LogP contribution in [0.25, 0.3) is 0 Å². The van der Waals surface area contributed by atoms with Crippen LogP contribution in [-0.2, 0) is 4.79 Å². The van der Waals surface area contributed by atoms with E-state index in [9.17, 15) is 4.79 Å². The van der Waals surface area contributed by atoms with Crippen LogP contribution in [0.5, 0.6) is 0 Å². The first-order chi connectivity index (χ1) is 9.08. The van der Waals surface area contributed by atoms with Crippen LogP contribution in [0.4, 0.5) is 0 Å². The second kappa shape index (κ2) is 8.76. The van der Waals surface area contributed by atoms with Gasteiger partial charge in [-0.1, -0.05) is 72.1 Å². The molecular weight excluding hydrogens is 232 g/mol. The van der Waals surface area contributed by atoms with Crippen LogP contribution in [0, 0.1) is 11.3 Å². The highest BCUT2D eigenvalue weighted by Crippen LogP contribution is 2.41. The lowest BCUT2D eigenvalue weighted by atomic mass is 9.66. The second-order valence-electron chi connectivity index (χ2n) is 7.12. The summed E-state index contributed by atoms with van der Waals surface area (Å²) in [5.74, 6) is 0.902. The Kier molecular flexibility index (Phi) is 7.71. The molecule has 112 valence electrons. The lowest BCUT2D eigenvalue weighted by molar-refractivity contribution is -0.128. The highest BCUT2D eigenvalue weighted by Gasteiger charge is 2.36. The Morgan fingerprint density at radius 2 is 1.63 bits per heavy atom. The molecule has 0 spiro atoms. The molecule has 0 aromatic heterocycles. The average Bonchev–Trinajstić information content (AvgIpc) is 2.37. The molecule has 1 aliphatic carbocycles. The molecule has 1 saturated carbocycles. The summed E-state index contributed by atoms with van der Waals surface area (Å²) in [5.41, 5.74) is 0.260. The summed E-state index contributed by atoms with van der Waals surface area (Å²) in [4.78, 5) is 12.3. The van der Waals surface area contributed by atoms with E-state index < -0.39 is 0 Å². The third kappa shape index (κ3) is 6.10. The first-order valence-electron chi connectivity index (χ1n) is 8.60. The Bertz CT molecular complexity index is 254. The lowest BCUT2D eigenvalue weighted by Gasteiger charge is -2.37. The maximum Gasteiger partial charge on any atom is 0.136 e. The van der Waals surface area contributed by atoms with Gasteiger partial charge in [0.1, 0.15) is 5.78 Å². The summed E-state index contributed by atoms with van der Waals surface area (Å²) in [6.45, 7) is 6.84. The zero-order valence-electron chi connectivity index (χ0n) is 13.5. The minimum atomic E-state index is 0.260. The zero-order valence-corrected chi connectivity index (χ0v) is 13.5. The van der Waals surface area contributed by atoms with E-state index in [1.54, 1.807) is 0 Å². The number of hydrogen-bond donors (Lipinski definition) is 0. The van der Waals surface area contributed by atoms with Crippen LogP contribution >= 0.6 is 0 Å². The number of carbonyl (C=O) groups is 1. The molecule has 0 saturated heterocycles. The van der Waals surface area contributed by atoms with Gasteiger partial charge in [-0.2, -0.15) is 0 Å². The molecule has 0 aliphatic heterocycles. The zero-order chi connectivity index (χ0) is 14.1. The molecule has 1 rings (SSSR count). The molecule has 1 heteroatoms. The SMILES string of the molecule is CCCCCCCCCC(=O)C1CCCCC1(C)C. The fourth-order valence-electron chi connectivity index (χ4n) is 3.52. The van der Waals surface area contributed by atoms with Crippen LogP contribution in [0.1, 0.15) is 97.8 Å². The Balaban J connectivity index is 2.13. The summed E-state index contributed by atoms with van der Waals surface area (Å²) >= 11 is 0. The Hall–Kier alpha value is -0.330. The predicted molar refractivity (Wildman–Crippen MR) is 83.4 cm³/mol. The molecule has 0 aromatic rings. The third-order valence-electron chi connectivity index (χ3n) is 4.92. The lowest BCUT2D eigenvalue weighted by Crippen LogP contribution is -2.33. The van der Waals surface area contributed by atoms with Crippen molar-refractivity contribution >= 4 is 5.78 Å². The van der Waals surface area contributed by atoms with Gasteiger partial charge in [0.05, 0.1) is 0 Å². The summed E-state index contributed by atoms with van der Waals surface area (Å²) in [6.07, 6.45) is 14.9. The van der Waals surface area contributed by atoms with Gasteiger partial charge in [0.25, 0.3) is 0 Å². The van der Waals surface area contributed by atoms with Crippen molar-refractivity contribution in [3.63, 3.8) is 0 Å². The van der Waals surface area contributed by atoms with Crippen LogP contribution < -0.4 is 0 Å². The van der Waals surface area contributed by atoms with Crippen LogP contribution in [-0.4, -0.2) is 5.78 Å². The molecule has 1 nitrogen and oxygen atoms in total. The van der Waals surface area contributed by atoms with Gasteiger partial charge in [-0.3, -0.25) is 4.79 Å². The number of carbonyl (C=O) groups excluding carboxylic acids is 1. The van der Waals surface area contributed by atoms with Gasteiger partial charge >= 0.3 is 0 Å². The minimum absolute atomic E-state index is 0.260. The van der Waals surface area contributed by atoms with Gasteiger partial charge in [0.15, 0.2) is 0 Å².